The highest BCUT2D eigenvalue weighted by Gasteiger charge is 2.35. The third-order valence-electron chi connectivity index (χ3n) is 4.34. The van der Waals surface area contributed by atoms with Crippen LogP contribution in [0.25, 0.3) is 0 Å². The molecule has 0 unspecified atom stereocenters. The normalized spacial score (nSPS) is 11.1. The van der Waals surface area contributed by atoms with E-state index >= 15 is 0 Å². The number of anilines is 1. The van der Waals surface area contributed by atoms with Gasteiger partial charge in [0, 0.05) is 6.07 Å². The molecule has 0 fully saturated rings. The second-order valence-electron chi connectivity index (χ2n) is 5.94. The highest BCUT2D eigenvalue weighted by atomic mass is 32.2. The molecule has 0 saturated carbocycles. The van der Waals surface area contributed by atoms with E-state index in [2.05, 4.69) is 4.74 Å². The van der Waals surface area contributed by atoms with E-state index in [9.17, 15) is 23.3 Å². The first-order valence-electron chi connectivity index (χ1n) is 8.71. The Balaban J connectivity index is 2.79. The summed E-state index contributed by atoms with van der Waals surface area (Å²) in [5.41, 5.74) is 1.23. The lowest BCUT2D eigenvalue weighted by Gasteiger charge is -2.27. The molecule has 0 N–H and O–H groups in total. The molecule has 0 aliphatic heterocycles. The topological polar surface area (TPSA) is 107 Å². The van der Waals surface area contributed by atoms with Crippen molar-refractivity contribution in [3.05, 3.63) is 63.7 Å². The Hall–Kier alpha value is -2.94. The van der Waals surface area contributed by atoms with E-state index in [-0.39, 0.29) is 0 Å². The molecule has 0 aromatic heterocycles. The molecule has 28 heavy (non-hydrogen) atoms. The van der Waals surface area contributed by atoms with E-state index in [0.29, 0.717) is 29.7 Å². The van der Waals surface area contributed by atoms with Gasteiger partial charge >= 0.3 is 5.97 Å². The maximum Gasteiger partial charge on any atom is 0.326 e. The summed E-state index contributed by atoms with van der Waals surface area (Å²) in [7, 11) is -3.25. The molecule has 150 valence electrons. The SMILES string of the molecule is CCc1cccc(CC)c1N(CC(=O)OC)S(=O)(=O)c1ccccc1[N+](=O)[O-]. The summed E-state index contributed by atoms with van der Waals surface area (Å²) in [6, 6.07) is 10.4. The number of esters is 1. The number of ether oxygens (including phenoxy) is 1. The van der Waals surface area contributed by atoms with E-state index in [1.165, 1.54) is 12.1 Å². The van der Waals surface area contributed by atoms with Gasteiger partial charge in [-0.25, -0.2) is 8.42 Å². The molecule has 0 atom stereocenters. The number of carbonyl (C=O) groups is 1. The maximum absolute atomic E-state index is 13.5. The van der Waals surface area contributed by atoms with Crippen molar-refractivity contribution < 1.29 is 22.9 Å². The average molecular weight is 406 g/mol. The lowest BCUT2D eigenvalue weighted by Crippen LogP contribution is -2.38. The molecule has 0 bridgehead atoms. The molecular formula is C19H22N2O6S. The van der Waals surface area contributed by atoms with Gasteiger partial charge in [-0.1, -0.05) is 44.2 Å². The number of nitro benzene ring substituents is 1. The number of para-hydroxylation sites is 2. The van der Waals surface area contributed by atoms with Gasteiger partial charge in [0.25, 0.3) is 15.7 Å². The van der Waals surface area contributed by atoms with Crippen molar-refractivity contribution in [3.63, 3.8) is 0 Å². The summed E-state index contributed by atoms with van der Waals surface area (Å²) in [6.45, 7) is 3.15. The Morgan fingerprint density at radius 1 is 1.07 bits per heavy atom. The van der Waals surface area contributed by atoms with Crippen molar-refractivity contribution in [1.29, 1.82) is 0 Å². The number of hydrogen-bond donors (Lipinski definition) is 0. The number of methoxy groups -OCH3 is 1. The summed E-state index contributed by atoms with van der Waals surface area (Å²) in [6.07, 6.45) is 1.04. The Kier molecular flexibility index (Phi) is 6.74. The van der Waals surface area contributed by atoms with E-state index in [1.807, 2.05) is 19.9 Å². The first kappa shape index (κ1) is 21.4. The lowest BCUT2D eigenvalue weighted by atomic mass is 10.0. The molecule has 2 rings (SSSR count). The quantitative estimate of drug-likeness (QED) is 0.379. The van der Waals surface area contributed by atoms with Gasteiger partial charge < -0.3 is 4.74 Å². The molecule has 0 spiro atoms. The molecule has 0 amide bonds. The number of benzene rings is 2. The van der Waals surface area contributed by atoms with E-state index in [1.54, 1.807) is 12.1 Å². The molecule has 0 radical (unpaired) electrons. The first-order valence-corrected chi connectivity index (χ1v) is 10.2. The minimum atomic E-state index is -4.41. The van der Waals surface area contributed by atoms with Crippen LogP contribution in [0.1, 0.15) is 25.0 Å². The molecule has 0 aliphatic rings. The monoisotopic (exact) mass is 406 g/mol. The second kappa shape index (κ2) is 8.83. The fourth-order valence-corrected chi connectivity index (χ4v) is 4.59. The van der Waals surface area contributed by atoms with Gasteiger partial charge in [-0.05, 0) is 30.0 Å². The number of rotatable bonds is 8. The van der Waals surface area contributed by atoms with Gasteiger partial charge in [-0.15, -0.1) is 0 Å². The van der Waals surface area contributed by atoms with E-state index in [4.69, 9.17) is 0 Å². The zero-order chi connectivity index (χ0) is 20.9. The van der Waals surface area contributed by atoms with Crippen molar-refractivity contribution in [2.45, 2.75) is 31.6 Å². The highest BCUT2D eigenvalue weighted by Crippen LogP contribution is 2.34. The number of nitro groups is 1. The standard InChI is InChI=1S/C19H22N2O6S/c1-4-14-9-8-10-15(5-2)19(14)20(13-18(22)27-3)28(25,26)17-12-7-6-11-16(17)21(23)24/h6-12H,4-5,13H2,1-3H3. The number of hydrogen-bond acceptors (Lipinski definition) is 6. The van der Waals surface area contributed by atoms with Crippen molar-refractivity contribution >= 4 is 27.4 Å². The molecular weight excluding hydrogens is 384 g/mol. The summed E-state index contributed by atoms with van der Waals surface area (Å²) in [5.74, 6) is -0.768. The number of sulfonamides is 1. The van der Waals surface area contributed by atoms with E-state index in [0.717, 1.165) is 23.5 Å². The largest absolute Gasteiger partial charge is 0.468 e. The van der Waals surface area contributed by atoms with Gasteiger partial charge in [-0.2, -0.15) is 0 Å². The van der Waals surface area contributed by atoms with Gasteiger partial charge in [0.2, 0.25) is 0 Å². The minimum absolute atomic E-state index is 0.357. The molecule has 0 heterocycles. The maximum atomic E-state index is 13.5. The van der Waals surface area contributed by atoms with Gasteiger partial charge in [0.1, 0.15) is 6.54 Å². The Morgan fingerprint density at radius 3 is 2.14 bits per heavy atom. The molecule has 2 aromatic rings. The van der Waals surface area contributed by atoms with Crippen LogP contribution in [-0.2, 0) is 32.4 Å². The van der Waals surface area contributed by atoms with E-state index < -0.39 is 38.0 Å². The second-order valence-corrected chi connectivity index (χ2v) is 7.78. The third-order valence-corrected chi connectivity index (χ3v) is 6.14. The zero-order valence-electron chi connectivity index (χ0n) is 15.9. The average Bonchev–Trinajstić information content (AvgIpc) is 2.70. The Morgan fingerprint density at radius 2 is 1.64 bits per heavy atom. The lowest BCUT2D eigenvalue weighted by molar-refractivity contribution is -0.387. The van der Waals surface area contributed by atoms with Crippen LogP contribution in [0.5, 0.6) is 0 Å². The summed E-state index contributed by atoms with van der Waals surface area (Å²) in [4.78, 5) is 22.2. The van der Waals surface area contributed by atoms with Crippen LogP contribution in [-0.4, -0.2) is 33.0 Å². The van der Waals surface area contributed by atoms with Gasteiger partial charge in [0.05, 0.1) is 17.7 Å². The predicted octanol–water partition coefficient (Wildman–Crippen LogP) is 3.09. The highest BCUT2D eigenvalue weighted by molar-refractivity contribution is 7.93. The first-order chi connectivity index (χ1) is 13.3. The third kappa shape index (κ3) is 4.14. The van der Waals surface area contributed by atoms with Crippen LogP contribution in [0.15, 0.2) is 47.4 Å². The van der Waals surface area contributed by atoms with Crippen LogP contribution in [0.3, 0.4) is 0 Å². The minimum Gasteiger partial charge on any atom is -0.468 e. The Labute approximate surface area is 163 Å². The number of nitrogens with zero attached hydrogens (tertiary/aromatic N) is 2. The summed E-state index contributed by atoms with van der Waals surface area (Å²) in [5, 5.41) is 11.4. The van der Waals surface area contributed by atoms with Gasteiger partial charge in [-0.3, -0.25) is 19.2 Å². The van der Waals surface area contributed by atoms with Crippen LogP contribution >= 0.6 is 0 Å². The zero-order valence-corrected chi connectivity index (χ0v) is 16.7. The van der Waals surface area contributed by atoms with Crippen LogP contribution in [0.2, 0.25) is 0 Å². The fraction of sp³-hybridized carbons (Fsp3) is 0.316. The van der Waals surface area contributed by atoms with Crippen LogP contribution < -0.4 is 4.31 Å². The molecule has 9 heteroatoms. The molecule has 0 aliphatic carbocycles. The molecule has 8 nitrogen and oxygen atoms in total. The smallest absolute Gasteiger partial charge is 0.326 e. The number of carbonyl (C=O) groups excluding carboxylic acids is 1. The summed E-state index contributed by atoms with van der Waals surface area (Å²) >= 11 is 0. The summed E-state index contributed by atoms with van der Waals surface area (Å²) < 4.78 is 32.5. The number of aryl methyl sites for hydroxylation is 2. The van der Waals surface area contributed by atoms with Crippen molar-refractivity contribution in [1.82, 2.24) is 0 Å². The van der Waals surface area contributed by atoms with Crippen molar-refractivity contribution in [2.24, 2.45) is 0 Å². The van der Waals surface area contributed by atoms with Crippen molar-refractivity contribution in [2.75, 3.05) is 18.0 Å². The molecule has 2 aromatic carbocycles. The fourth-order valence-electron chi connectivity index (χ4n) is 2.95. The van der Waals surface area contributed by atoms with Crippen molar-refractivity contribution in [3.8, 4) is 0 Å². The predicted molar refractivity (Wildman–Crippen MR) is 105 cm³/mol. The van der Waals surface area contributed by atoms with Crippen LogP contribution in [0.4, 0.5) is 11.4 Å². The Bertz CT molecular complexity index is 965. The van der Waals surface area contributed by atoms with Crippen LogP contribution in [0, 0.1) is 10.1 Å². The molecule has 0 saturated heterocycles. The van der Waals surface area contributed by atoms with Gasteiger partial charge in [0.15, 0.2) is 4.90 Å².